The number of nitrogens with zero attached hydrogens (tertiary/aromatic N) is 1. The predicted octanol–water partition coefficient (Wildman–Crippen LogP) is 6.15. The molecule has 0 spiro atoms. The Balaban J connectivity index is 1.76. The Hall–Kier alpha value is -2.76. The third-order valence-electron chi connectivity index (χ3n) is 4.50. The number of hydrogen-bond donors (Lipinski definition) is 1. The van der Waals surface area contributed by atoms with Crippen LogP contribution < -0.4 is 14.8 Å². The molecule has 3 aromatic rings. The standard InChI is InChI=1S/C24H25ClN2O2S/c1-3-29-23-13-9-21(10-14-23)26-24(30)27(17-19-5-4-6-20(25)15-19)16-18-7-11-22(28-2)12-8-18/h4-15H,3,16-17H2,1-2H3,(H,26,30). The molecule has 0 fully saturated rings. The molecule has 4 nitrogen and oxygen atoms in total. The van der Waals surface area contributed by atoms with Crippen LogP contribution in [-0.2, 0) is 13.1 Å². The van der Waals surface area contributed by atoms with Gasteiger partial charge in [-0.05, 0) is 78.8 Å². The molecule has 6 heteroatoms. The van der Waals surface area contributed by atoms with Gasteiger partial charge < -0.3 is 19.7 Å². The second-order valence-electron chi connectivity index (χ2n) is 6.72. The first-order valence-electron chi connectivity index (χ1n) is 9.73. The normalized spacial score (nSPS) is 10.4. The predicted molar refractivity (Wildman–Crippen MR) is 128 cm³/mol. The Labute approximate surface area is 188 Å². The summed E-state index contributed by atoms with van der Waals surface area (Å²) in [5.74, 6) is 1.67. The first-order chi connectivity index (χ1) is 14.6. The van der Waals surface area contributed by atoms with Crippen molar-refractivity contribution in [2.24, 2.45) is 0 Å². The summed E-state index contributed by atoms with van der Waals surface area (Å²) in [7, 11) is 1.66. The number of methoxy groups -OCH3 is 1. The van der Waals surface area contributed by atoms with Gasteiger partial charge in [-0.3, -0.25) is 0 Å². The molecular weight excluding hydrogens is 416 g/mol. The number of halogens is 1. The van der Waals surface area contributed by atoms with Crippen LogP contribution in [0.5, 0.6) is 11.5 Å². The van der Waals surface area contributed by atoms with Gasteiger partial charge in [-0.1, -0.05) is 35.9 Å². The van der Waals surface area contributed by atoms with Crippen molar-refractivity contribution in [1.82, 2.24) is 4.90 Å². The Morgan fingerprint density at radius 1 is 0.933 bits per heavy atom. The highest BCUT2D eigenvalue weighted by atomic mass is 35.5. The van der Waals surface area contributed by atoms with Crippen molar-refractivity contribution in [3.63, 3.8) is 0 Å². The minimum Gasteiger partial charge on any atom is -0.497 e. The van der Waals surface area contributed by atoms with Crippen LogP contribution in [0.1, 0.15) is 18.1 Å². The van der Waals surface area contributed by atoms with Crippen molar-refractivity contribution in [2.45, 2.75) is 20.0 Å². The summed E-state index contributed by atoms with van der Waals surface area (Å²) < 4.78 is 10.8. The molecule has 0 aliphatic heterocycles. The summed E-state index contributed by atoms with van der Waals surface area (Å²) in [6.07, 6.45) is 0. The van der Waals surface area contributed by atoms with Gasteiger partial charge in [0.2, 0.25) is 0 Å². The third kappa shape index (κ3) is 6.37. The average molecular weight is 441 g/mol. The van der Waals surface area contributed by atoms with Gasteiger partial charge in [-0.15, -0.1) is 0 Å². The van der Waals surface area contributed by atoms with Crippen molar-refractivity contribution in [1.29, 1.82) is 0 Å². The fourth-order valence-electron chi connectivity index (χ4n) is 3.01. The lowest BCUT2D eigenvalue weighted by Crippen LogP contribution is -2.33. The fourth-order valence-corrected chi connectivity index (χ4v) is 3.47. The lowest BCUT2D eigenvalue weighted by molar-refractivity contribution is 0.340. The van der Waals surface area contributed by atoms with Crippen LogP contribution in [0.2, 0.25) is 5.02 Å². The van der Waals surface area contributed by atoms with Gasteiger partial charge in [0.15, 0.2) is 5.11 Å². The summed E-state index contributed by atoms with van der Waals surface area (Å²) in [5.41, 5.74) is 3.13. The number of ether oxygens (including phenoxy) is 2. The summed E-state index contributed by atoms with van der Waals surface area (Å²) in [6.45, 7) is 3.89. The van der Waals surface area contributed by atoms with E-state index < -0.39 is 0 Å². The van der Waals surface area contributed by atoms with Gasteiger partial charge in [-0.2, -0.15) is 0 Å². The van der Waals surface area contributed by atoms with E-state index in [1.54, 1.807) is 7.11 Å². The van der Waals surface area contributed by atoms with Gasteiger partial charge in [0.1, 0.15) is 11.5 Å². The van der Waals surface area contributed by atoms with Crippen molar-refractivity contribution < 1.29 is 9.47 Å². The second kappa shape index (κ2) is 10.9. The molecule has 0 radical (unpaired) electrons. The monoisotopic (exact) mass is 440 g/mol. The van der Waals surface area contributed by atoms with Gasteiger partial charge in [0.25, 0.3) is 0 Å². The van der Waals surface area contributed by atoms with Crippen LogP contribution >= 0.6 is 23.8 Å². The van der Waals surface area contributed by atoms with Crippen LogP contribution in [-0.4, -0.2) is 23.7 Å². The van der Waals surface area contributed by atoms with Gasteiger partial charge in [-0.25, -0.2) is 0 Å². The molecule has 0 aromatic heterocycles. The van der Waals surface area contributed by atoms with Crippen LogP contribution in [0.3, 0.4) is 0 Å². The quantitative estimate of drug-likeness (QED) is 0.425. The molecule has 0 bridgehead atoms. The summed E-state index contributed by atoms with van der Waals surface area (Å²) >= 11 is 11.9. The van der Waals surface area contributed by atoms with E-state index in [1.165, 1.54) is 0 Å². The molecule has 3 rings (SSSR count). The summed E-state index contributed by atoms with van der Waals surface area (Å²) in [5, 5.41) is 4.68. The van der Waals surface area contributed by atoms with E-state index in [-0.39, 0.29) is 0 Å². The van der Waals surface area contributed by atoms with E-state index >= 15 is 0 Å². The first kappa shape index (κ1) is 21.9. The van der Waals surface area contributed by atoms with Gasteiger partial charge >= 0.3 is 0 Å². The number of rotatable bonds is 8. The highest BCUT2D eigenvalue weighted by Gasteiger charge is 2.13. The Bertz CT molecular complexity index is 962. The minimum atomic E-state index is 0.634. The molecule has 0 unspecified atom stereocenters. The van der Waals surface area contributed by atoms with Crippen molar-refractivity contribution >= 4 is 34.6 Å². The summed E-state index contributed by atoms with van der Waals surface area (Å²) in [6, 6.07) is 23.6. The van der Waals surface area contributed by atoms with Crippen molar-refractivity contribution in [2.75, 3.05) is 19.0 Å². The average Bonchev–Trinajstić information content (AvgIpc) is 2.75. The zero-order valence-corrected chi connectivity index (χ0v) is 18.7. The molecule has 0 aliphatic rings. The number of thiocarbonyl (C=S) groups is 1. The molecule has 1 N–H and O–H groups in total. The highest BCUT2D eigenvalue weighted by Crippen LogP contribution is 2.20. The largest absolute Gasteiger partial charge is 0.497 e. The van der Waals surface area contributed by atoms with Crippen molar-refractivity contribution in [3.05, 3.63) is 88.9 Å². The highest BCUT2D eigenvalue weighted by molar-refractivity contribution is 7.80. The molecule has 0 aliphatic carbocycles. The van der Waals surface area contributed by atoms with Crippen LogP contribution in [0.15, 0.2) is 72.8 Å². The fraction of sp³-hybridized carbons (Fsp3) is 0.208. The number of anilines is 1. The SMILES string of the molecule is CCOc1ccc(NC(=S)N(Cc2ccc(OC)cc2)Cc2cccc(Cl)c2)cc1. The minimum absolute atomic E-state index is 0.634. The smallest absolute Gasteiger partial charge is 0.174 e. The molecule has 156 valence electrons. The van der Waals surface area contributed by atoms with E-state index in [1.807, 2.05) is 79.7 Å². The molecule has 30 heavy (non-hydrogen) atoms. The van der Waals surface area contributed by atoms with Crippen molar-refractivity contribution in [3.8, 4) is 11.5 Å². The maximum absolute atomic E-state index is 6.18. The Morgan fingerprint density at radius 3 is 2.23 bits per heavy atom. The van der Waals surface area contributed by atoms with Gasteiger partial charge in [0.05, 0.1) is 13.7 Å². The lowest BCUT2D eigenvalue weighted by atomic mass is 10.1. The number of benzene rings is 3. The molecule has 3 aromatic carbocycles. The first-order valence-corrected chi connectivity index (χ1v) is 10.5. The van der Waals surface area contributed by atoms with E-state index in [0.717, 1.165) is 28.3 Å². The molecule has 0 atom stereocenters. The molecule has 0 amide bonds. The van der Waals surface area contributed by atoms with Crippen LogP contribution in [0.25, 0.3) is 0 Å². The maximum Gasteiger partial charge on any atom is 0.174 e. The number of nitrogens with one attached hydrogen (secondary N) is 1. The summed E-state index contributed by atoms with van der Waals surface area (Å²) in [4.78, 5) is 2.11. The number of hydrogen-bond acceptors (Lipinski definition) is 3. The topological polar surface area (TPSA) is 33.7 Å². The lowest BCUT2D eigenvalue weighted by Gasteiger charge is -2.26. The van der Waals surface area contributed by atoms with E-state index in [4.69, 9.17) is 33.3 Å². The van der Waals surface area contributed by atoms with E-state index in [2.05, 4.69) is 10.2 Å². The molecule has 0 saturated carbocycles. The maximum atomic E-state index is 6.18. The Kier molecular flexibility index (Phi) is 7.94. The van der Waals surface area contributed by atoms with E-state index in [0.29, 0.717) is 29.8 Å². The Morgan fingerprint density at radius 2 is 1.60 bits per heavy atom. The van der Waals surface area contributed by atoms with Crippen LogP contribution in [0.4, 0.5) is 5.69 Å². The third-order valence-corrected chi connectivity index (χ3v) is 5.09. The zero-order valence-electron chi connectivity index (χ0n) is 17.1. The molecular formula is C24H25ClN2O2S. The van der Waals surface area contributed by atoms with Crippen LogP contribution in [0, 0.1) is 0 Å². The zero-order chi connectivity index (χ0) is 21.3. The van der Waals surface area contributed by atoms with E-state index in [9.17, 15) is 0 Å². The van der Waals surface area contributed by atoms with Gasteiger partial charge in [0, 0.05) is 23.8 Å². The second-order valence-corrected chi connectivity index (χ2v) is 7.54. The molecule has 0 saturated heterocycles. The molecule has 0 heterocycles.